The van der Waals surface area contributed by atoms with E-state index < -0.39 is 12.1 Å². The van der Waals surface area contributed by atoms with Gasteiger partial charge in [-0.15, -0.1) is 0 Å². The van der Waals surface area contributed by atoms with Crippen molar-refractivity contribution < 1.29 is 9.59 Å². The molecule has 22 heavy (non-hydrogen) atoms. The second-order valence-electron chi connectivity index (χ2n) is 6.20. The molecule has 5 nitrogen and oxygen atoms in total. The van der Waals surface area contributed by atoms with Crippen molar-refractivity contribution in [3.05, 3.63) is 35.9 Å². The molecule has 2 amide bonds. The van der Waals surface area contributed by atoms with E-state index in [1.165, 1.54) is 0 Å². The van der Waals surface area contributed by atoms with Gasteiger partial charge in [-0.05, 0) is 17.4 Å². The maximum atomic E-state index is 12.3. The summed E-state index contributed by atoms with van der Waals surface area (Å²) in [5.74, 6) is -0.467. The molecule has 5 heteroatoms. The number of carbonyl (C=O) groups is 2. The van der Waals surface area contributed by atoms with E-state index in [-0.39, 0.29) is 23.7 Å². The second kappa shape index (κ2) is 8.54. The fraction of sp³-hybridized carbons (Fsp3) is 0.529. The molecule has 2 atom stereocenters. The fourth-order valence-corrected chi connectivity index (χ4v) is 1.98. The van der Waals surface area contributed by atoms with Crippen LogP contribution in [0.15, 0.2) is 30.3 Å². The minimum Gasteiger partial charge on any atom is -0.350 e. The van der Waals surface area contributed by atoms with Crippen molar-refractivity contribution >= 4 is 11.8 Å². The highest BCUT2D eigenvalue weighted by atomic mass is 16.2. The molecule has 0 aliphatic rings. The number of amides is 2. The summed E-state index contributed by atoms with van der Waals surface area (Å²) >= 11 is 0. The molecular formula is C17H27N3O2. The van der Waals surface area contributed by atoms with Crippen molar-refractivity contribution in [3.63, 3.8) is 0 Å². The molecule has 0 spiro atoms. The zero-order valence-corrected chi connectivity index (χ0v) is 13.8. The van der Waals surface area contributed by atoms with Crippen LogP contribution in [0, 0.1) is 11.8 Å². The maximum Gasteiger partial charge on any atom is 0.243 e. The van der Waals surface area contributed by atoms with Gasteiger partial charge in [-0.25, -0.2) is 0 Å². The van der Waals surface area contributed by atoms with E-state index in [4.69, 9.17) is 5.73 Å². The molecule has 1 aromatic carbocycles. The van der Waals surface area contributed by atoms with Crippen LogP contribution < -0.4 is 16.4 Å². The van der Waals surface area contributed by atoms with Gasteiger partial charge in [-0.1, -0.05) is 58.0 Å². The average Bonchev–Trinajstić information content (AvgIpc) is 2.49. The van der Waals surface area contributed by atoms with Gasteiger partial charge in [-0.2, -0.15) is 0 Å². The Morgan fingerprint density at radius 1 is 1.00 bits per heavy atom. The number of hydrogen-bond donors (Lipinski definition) is 3. The SMILES string of the molecule is CC(C)[C@H](N)C(=O)N[C@H](C(=O)NCc1ccccc1)C(C)C. The first kappa shape index (κ1) is 18.2. The minimum absolute atomic E-state index is 0.0147. The Morgan fingerprint density at radius 2 is 1.59 bits per heavy atom. The van der Waals surface area contributed by atoms with Crippen LogP contribution in [0.4, 0.5) is 0 Å². The topological polar surface area (TPSA) is 84.2 Å². The van der Waals surface area contributed by atoms with Crippen molar-refractivity contribution in [2.45, 2.75) is 46.3 Å². The lowest BCUT2D eigenvalue weighted by atomic mass is 10.0. The summed E-state index contributed by atoms with van der Waals surface area (Å²) in [7, 11) is 0. The number of hydrogen-bond acceptors (Lipinski definition) is 3. The molecule has 0 aliphatic heterocycles. The van der Waals surface area contributed by atoms with Crippen molar-refractivity contribution in [1.29, 1.82) is 0 Å². The number of nitrogens with two attached hydrogens (primary N) is 1. The molecule has 0 heterocycles. The third-order valence-corrected chi connectivity index (χ3v) is 3.58. The van der Waals surface area contributed by atoms with Crippen LogP contribution in [0.1, 0.15) is 33.3 Å². The zero-order valence-electron chi connectivity index (χ0n) is 13.8. The normalized spacial score (nSPS) is 13.8. The number of nitrogens with one attached hydrogen (secondary N) is 2. The summed E-state index contributed by atoms with van der Waals surface area (Å²) in [5.41, 5.74) is 6.85. The molecule has 1 rings (SSSR count). The molecule has 0 bridgehead atoms. The van der Waals surface area contributed by atoms with Gasteiger partial charge in [0.1, 0.15) is 6.04 Å². The standard InChI is InChI=1S/C17H27N3O2/c1-11(2)14(18)16(21)20-15(12(3)4)17(22)19-10-13-8-6-5-7-9-13/h5-9,11-12,14-15H,10,18H2,1-4H3,(H,19,22)(H,20,21)/t14-,15-/m0/s1. The lowest BCUT2D eigenvalue weighted by molar-refractivity contribution is -0.131. The predicted octanol–water partition coefficient (Wildman–Crippen LogP) is 1.43. The molecule has 0 radical (unpaired) electrons. The Kier molecular flexibility index (Phi) is 7.05. The lowest BCUT2D eigenvalue weighted by Crippen LogP contribution is -2.54. The van der Waals surface area contributed by atoms with E-state index in [9.17, 15) is 9.59 Å². The van der Waals surface area contributed by atoms with Crippen LogP contribution in [0.5, 0.6) is 0 Å². The molecule has 0 saturated carbocycles. The van der Waals surface area contributed by atoms with E-state index in [0.29, 0.717) is 6.54 Å². The summed E-state index contributed by atoms with van der Waals surface area (Å²) in [6.45, 7) is 7.99. The highest BCUT2D eigenvalue weighted by Crippen LogP contribution is 2.06. The Balaban J connectivity index is 2.62. The average molecular weight is 305 g/mol. The largest absolute Gasteiger partial charge is 0.350 e. The molecule has 4 N–H and O–H groups in total. The number of benzene rings is 1. The molecule has 0 saturated heterocycles. The summed E-state index contributed by atoms with van der Waals surface area (Å²) in [5, 5.41) is 5.62. The number of carbonyl (C=O) groups excluding carboxylic acids is 2. The van der Waals surface area contributed by atoms with E-state index in [1.807, 2.05) is 58.0 Å². The van der Waals surface area contributed by atoms with Gasteiger partial charge in [0.15, 0.2) is 0 Å². The van der Waals surface area contributed by atoms with Gasteiger partial charge >= 0.3 is 0 Å². The Bertz CT molecular complexity index is 486. The highest BCUT2D eigenvalue weighted by molar-refractivity contribution is 5.89. The van der Waals surface area contributed by atoms with Crippen LogP contribution in [0.3, 0.4) is 0 Å². The Morgan fingerprint density at radius 3 is 2.09 bits per heavy atom. The first-order valence-electron chi connectivity index (χ1n) is 7.70. The van der Waals surface area contributed by atoms with E-state index >= 15 is 0 Å². The third-order valence-electron chi connectivity index (χ3n) is 3.58. The highest BCUT2D eigenvalue weighted by Gasteiger charge is 2.27. The molecular weight excluding hydrogens is 278 g/mol. The van der Waals surface area contributed by atoms with E-state index in [0.717, 1.165) is 5.56 Å². The first-order valence-corrected chi connectivity index (χ1v) is 7.70. The van der Waals surface area contributed by atoms with Crippen LogP contribution in [-0.2, 0) is 16.1 Å². The number of rotatable bonds is 7. The molecule has 1 aromatic rings. The summed E-state index contributed by atoms with van der Waals surface area (Å²) in [4.78, 5) is 24.4. The van der Waals surface area contributed by atoms with Gasteiger partial charge in [0.2, 0.25) is 11.8 Å². The van der Waals surface area contributed by atoms with Crippen LogP contribution in [0.25, 0.3) is 0 Å². The Labute approximate surface area is 132 Å². The van der Waals surface area contributed by atoms with Gasteiger partial charge in [-0.3, -0.25) is 9.59 Å². The lowest BCUT2D eigenvalue weighted by Gasteiger charge is -2.24. The first-order chi connectivity index (χ1) is 10.3. The fourth-order valence-electron chi connectivity index (χ4n) is 1.98. The van der Waals surface area contributed by atoms with Gasteiger partial charge in [0.05, 0.1) is 6.04 Å². The summed E-state index contributed by atoms with van der Waals surface area (Å²) in [6.07, 6.45) is 0. The van der Waals surface area contributed by atoms with Crippen LogP contribution in [0.2, 0.25) is 0 Å². The molecule has 0 fully saturated rings. The quantitative estimate of drug-likeness (QED) is 0.712. The summed E-state index contributed by atoms with van der Waals surface area (Å²) in [6, 6.07) is 8.46. The van der Waals surface area contributed by atoms with Crippen molar-refractivity contribution in [1.82, 2.24) is 10.6 Å². The third kappa shape index (κ3) is 5.48. The smallest absolute Gasteiger partial charge is 0.243 e. The zero-order chi connectivity index (χ0) is 16.7. The van der Waals surface area contributed by atoms with Gasteiger partial charge in [0, 0.05) is 6.54 Å². The molecule has 0 aromatic heterocycles. The second-order valence-corrected chi connectivity index (χ2v) is 6.20. The molecule has 0 unspecified atom stereocenters. The van der Waals surface area contributed by atoms with E-state index in [1.54, 1.807) is 0 Å². The predicted molar refractivity (Wildman–Crippen MR) is 87.9 cm³/mol. The van der Waals surface area contributed by atoms with Crippen LogP contribution in [-0.4, -0.2) is 23.9 Å². The summed E-state index contributed by atoms with van der Waals surface area (Å²) < 4.78 is 0. The Hall–Kier alpha value is -1.88. The van der Waals surface area contributed by atoms with Crippen molar-refractivity contribution in [2.75, 3.05) is 0 Å². The van der Waals surface area contributed by atoms with Crippen molar-refractivity contribution in [3.8, 4) is 0 Å². The molecule has 0 aliphatic carbocycles. The van der Waals surface area contributed by atoms with Gasteiger partial charge in [0.25, 0.3) is 0 Å². The minimum atomic E-state index is -0.608. The van der Waals surface area contributed by atoms with Gasteiger partial charge < -0.3 is 16.4 Å². The van der Waals surface area contributed by atoms with Crippen molar-refractivity contribution in [2.24, 2.45) is 17.6 Å². The van der Waals surface area contributed by atoms with E-state index in [2.05, 4.69) is 10.6 Å². The maximum absolute atomic E-state index is 12.3. The monoisotopic (exact) mass is 305 g/mol. The van der Waals surface area contributed by atoms with Crippen LogP contribution >= 0.6 is 0 Å². The molecule has 122 valence electrons.